The fraction of sp³-hybridized carbons (Fsp3) is 0.700. The lowest BCUT2D eigenvalue weighted by molar-refractivity contribution is -0.121. The molecule has 0 radical (unpaired) electrons. The summed E-state index contributed by atoms with van der Waals surface area (Å²) in [5, 5.41) is 0. The second-order valence-electron chi connectivity index (χ2n) is 3.04. The van der Waals surface area contributed by atoms with E-state index < -0.39 is 0 Å². The van der Waals surface area contributed by atoms with Crippen LogP contribution >= 0.6 is 0 Å². The zero-order chi connectivity index (χ0) is 8.69. The Morgan fingerprint density at radius 2 is 2.00 bits per heavy atom. The topological polar surface area (TPSA) is 17.1 Å². The molecule has 0 rings (SSSR count). The van der Waals surface area contributed by atoms with Gasteiger partial charge in [0.2, 0.25) is 0 Å². The largest absolute Gasteiger partial charge is 0.299 e. The van der Waals surface area contributed by atoms with Crippen LogP contribution in [0.2, 0.25) is 0 Å². The van der Waals surface area contributed by atoms with Gasteiger partial charge in [-0.1, -0.05) is 32.9 Å². The first-order valence-electron chi connectivity index (χ1n) is 4.36. The Kier molecular flexibility index (Phi) is 5.81. The molecule has 11 heavy (non-hydrogen) atoms. The first-order chi connectivity index (χ1) is 5.18. The van der Waals surface area contributed by atoms with Crippen LogP contribution in [-0.2, 0) is 4.79 Å². The van der Waals surface area contributed by atoms with Gasteiger partial charge in [0.25, 0.3) is 0 Å². The molecule has 64 valence electrons. The van der Waals surface area contributed by atoms with Crippen molar-refractivity contribution in [2.45, 2.75) is 40.0 Å². The van der Waals surface area contributed by atoms with E-state index in [9.17, 15) is 4.79 Å². The third-order valence-electron chi connectivity index (χ3n) is 1.60. The van der Waals surface area contributed by atoms with E-state index in [-0.39, 0.29) is 5.92 Å². The van der Waals surface area contributed by atoms with Crippen LogP contribution in [0.15, 0.2) is 12.2 Å². The summed E-state index contributed by atoms with van der Waals surface area (Å²) in [6.45, 7) is 6.00. The third kappa shape index (κ3) is 5.84. The van der Waals surface area contributed by atoms with Crippen LogP contribution in [0.25, 0.3) is 0 Å². The highest BCUT2D eigenvalue weighted by Gasteiger charge is 2.04. The highest BCUT2D eigenvalue weighted by atomic mass is 16.1. The SMILES string of the molecule is CCC=CCCC(=O)C(C)C. The van der Waals surface area contributed by atoms with Gasteiger partial charge in [-0.3, -0.25) is 4.79 Å². The second kappa shape index (κ2) is 6.14. The Morgan fingerprint density at radius 1 is 1.36 bits per heavy atom. The minimum absolute atomic E-state index is 0.199. The Morgan fingerprint density at radius 3 is 2.45 bits per heavy atom. The molecule has 0 N–H and O–H groups in total. The molecule has 0 aromatic carbocycles. The van der Waals surface area contributed by atoms with Crippen molar-refractivity contribution in [2.24, 2.45) is 5.92 Å². The fourth-order valence-corrected chi connectivity index (χ4v) is 0.799. The van der Waals surface area contributed by atoms with Crippen molar-refractivity contribution in [1.29, 1.82) is 0 Å². The molecule has 0 unspecified atom stereocenters. The van der Waals surface area contributed by atoms with Gasteiger partial charge < -0.3 is 0 Å². The van der Waals surface area contributed by atoms with E-state index in [2.05, 4.69) is 19.1 Å². The number of Topliss-reactive ketones (excluding diaryl/α,β-unsaturated/α-hetero) is 1. The predicted octanol–water partition coefficient (Wildman–Crippen LogP) is 2.96. The minimum Gasteiger partial charge on any atom is -0.299 e. The highest BCUT2D eigenvalue weighted by Crippen LogP contribution is 2.02. The minimum atomic E-state index is 0.199. The average molecular weight is 154 g/mol. The van der Waals surface area contributed by atoms with E-state index in [1.54, 1.807) is 0 Å². The first kappa shape index (κ1) is 10.4. The van der Waals surface area contributed by atoms with Crippen molar-refractivity contribution in [1.82, 2.24) is 0 Å². The summed E-state index contributed by atoms with van der Waals surface area (Å²) in [6, 6.07) is 0. The summed E-state index contributed by atoms with van der Waals surface area (Å²) in [6.07, 6.45) is 6.86. The average Bonchev–Trinajstić information content (AvgIpc) is 1.97. The first-order valence-corrected chi connectivity index (χ1v) is 4.36. The van der Waals surface area contributed by atoms with Gasteiger partial charge in [0.15, 0.2) is 0 Å². The molecule has 0 fully saturated rings. The van der Waals surface area contributed by atoms with Crippen LogP contribution in [-0.4, -0.2) is 5.78 Å². The molecule has 0 aliphatic carbocycles. The molecule has 0 heterocycles. The van der Waals surface area contributed by atoms with Crippen LogP contribution in [0.5, 0.6) is 0 Å². The number of hydrogen-bond donors (Lipinski definition) is 0. The lowest BCUT2D eigenvalue weighted by Gasteiger charge is -1.99. The van der Waals surface area contributed by atoms with E-state index in [4.69, 9.17) is 0 Å². The molecule has 0 bridgehead atoms. The van der Waals surface area contributed by atoms with Crippen LogP contribution in [0.3, 0.4) is 0 Å². The summed E-state index contributed by atoms with van der Waals surface area (Å²) in [4.78, 5) is 11.1. The van der Waals surface area contributed by atoms with Gasteiger partial charge in [-0.15, -0.1) is 0 Å². The maximum absolute atomic E-state index is 11.1. The summed E-state index contributed by atoms with van der Waals surface area (Å²) in [7, 11) is 0. The van der Waals surface area contributed by atoms with Crippen LogP contribution in [0.1, 0.15) is 40.0 Å². The molecule has 0 atom stereocenters. The Bertz CT molecular complexity index is 134. The zero-order valence-electron chi connectivity index (χ0n) is 7.76. The number of rotatable bonds is 5. The van der Waals surface area contributed by atoms with Gasteiger partial charge in [-0.05, 0) is 12.8 Å². The maximum Gasteiger partial charge on any atom is 0.135 e. The van der Waals surface area contributed by atoms with Crippen molar-refractivity contribution >= 4 is 5.78 Å². The molecule has 0 aromatic heterocycles. The molecule has 0 aliphatic rings. The summed E-state index contributed by atoms with van der Waals surface area (Å²) in [5.74, 6) is 0.566. The standard InChI is InChI=1S/C10H18O/c1-4-5-6-7-8-10(11)9(2)3/h5-6,9H,4,7-8H2,1-3H3. The monoisotopic (exact) mass is 154 g/mol. The molecular formula is C10H18O. The lowest BCUT2D eigenvalue weighted by atomic mass is 10.0. The molecule has 1 nitrogen and oxygen atoms in total. The van der Waals surface area contributed by atoms with Crippen molar-refractivity contribution in [3.8, 4) is 0 Å². The van der Waals surface area contributed by atoms with E-state index in [1.807, 2.05) is 13.8 Å². The summed E-state index contributed by atoms with van der Waals surface area (Å²) >= 11 is 0. The van der Waals surface area contributed by atoms with Gasteiger partial charge in [0, 0.05) is 12.3 Å². The van der Waals surface area contributed by atoms with E-state index in [0.29, 0.717) is 12.2 Å². The molecule has 0 aromatic rings. The summed E-state index contributed by atoms with van der Waals surface area (Å²) in [5.41, 5.74) is 0. The van der Waals surface area contributed by atoms with Crippen molar-refractivity contribution in [3.05, 3.63) is 12.2 Å². The number of carbonyl (C=O) groups excluding carboxylic acids is 1. The van der Waals surface area contributed by atoms with E-state index >= 15 is 0 Å². The molecule has 0 saturated heterocycles. The quantitative estimate of drug-likeness (QED) is 0.556. The van der Waals surface area contributed by atoms with Crippen LogP contribution < -0.4 is 0 Å². The van der Waals surface area contributed by atoms with Crippen molar-refractivity contribution in [2.75, 3.05) is 0 Å². The molecule has 0 aliphatic heterocycles. The molecule has 0 amide bonds. The number of carbonyl (C=O) groups is 1. The van der Waals surface area contributed by atoms with Gasteiger partial charge >= 0.3 is 0 Å². The van der Waals surface area contributed by atoms with Crippen LogP contribution in [0, 0.1) is 5.92 Å². The zero-order valence-corrected chi connectivity index (χ0v) is 7.76. The fourth-order valence-electron chi connectivity index (χ4n) is 0.799. The molecule has 0 spiro atoms. The van der Waals surface area contributed by atoms with Gasteiger partial charge in [-0.25, -0.2) is 0 Å². The molecular weight excluding hydrogens is 136 g/mol. The van der Waals surface area contributed by atoms with Crippen molar-refractivity contribution in [3.63, 3.8) is 0 Å². The highest BCUT2D eigenvalue weighted by molar-refractivity contribution is 5.80. The summed E-state index contributed by atoms with van der Waals surface area (Å²) < 4.78 is 0. The molecule has 0 saturated carbocycles. The Labute approximate surface area is 69.5 Å². The van der Waals surface area contributed by atoms with E-state index in [0.717, 1.165) is 12.8 Å². The van der Waals surface area contributed by atoms with Crippen molar-refractivity contribution < 1.29 is 4.79 Å². The normalized spacial score (nSPS) is 11.3. The van der Waals surface area contributed by atoms with E-state index in [1.165, 1.54) is 0 Å². The second-order valence-corrected chi connectivity index (χ2v) is 3.04. The lowest BCUT2D eigenvalue weighted by Crippen LogP contribution is -2.05. The predicted molar refractivity (Wildman–Crippen MR) is 48.5 cm³/mol. The maximum atomic E-state index is 11.1. The number of hydrogen-bond acceptors (Lipinski definition) is 1. The molecule has 1 heteroatoms. The Hall–Kier alpha value is -0.590. The third-order valence-corrected chi connectivity index (χ3v) is 1.60. The number of ketones is 1. The van der Waals surface area contributed by atoms with Gasteiger partial charge in [0.05, 0.1) is 0 Å². The number of allylic oxidation sites excluding steroid dienone is 2. The van der Waals surface area contributed by atoms with Crippen LogP contribution in [0.4, 0.5) is 0 Å². The van der Waals surface area contributed by atoms with Gasteiger partial charge in [0.1, 0.15) is 5.78 Å². The Balaban J connectivity index is 3.39. The van der Waals surface area contributed by atoms with Gasteiger partial charge in [-0.2, -0.15) is 0 Å². The smallest absolute Gasteiger partial charge is 0.135 e.